The Balaban J connectivity index is 1.70. The summed E-state index contributed by atoms with van der Waals surface area (Å²) in [5.41, 5.74) is 0.722. The molecule has 0 spiro atoms. The fourth-order valence-electron chi connectivity index (χ4n) is 2.50. The van der Waals surface area contributed by atoms with Crippen LogP contribution in [0.5, 0.6) is 5.75 Å². The smallest absolute Gasteiger partial charge is 0.404 e. The molecule has 2 heterocycles. The van der Waals surface area contributed by atoms with Crippen LogP contribution in [0.4, 0.5) is 18.9 Å². The van der Waals surface area contributed by atoms with Crippen molar-refractivity contribution in [1.29, 1.82) is 0 Å². The molecular weight excluding hydrogens is 419 g/mol. The molecule has 30 heavy (non-hydrogen) atoms. The van der Waals surface area contributed by atoms with Gasteiger partial charge in [0.2, 0.25) is 5.91 Å². The predicted octanol–water partition coefficient (Wildman–Crippen LogP) is 4.16. The molecule has 0 aliphatic heterocycles. The van der Waals surface area contributed by atoms with E-state index in [2.05, 4.69) is 31.8 Å². The lowest BCUT2D eigenvalue weighted by molar-refractivity contribution is -0.274. The van der Waals surface area contributed by atoms with Crippen LogP contribution in [-0.2, 0) is 11.3 Å². The van der Waals surface area contributed by atoms with E-state index in [9.17, 15) is 18.0 Å². The summed E-state index contributed by atoms with van der Waals surface area (Å²) in [5.74, 6) is -0.509. The number of rotatable bonds is 8. The van der Waals surface area contributed by atoms with E-state index < -0.39 is 18.0 Å². The predicted molar refractivity (Wildman–Crippen MR) is 106 cm³/mol. The number of alkyl halides is 3. The lowest BCUT2D eigenvalue weighted by atomic mass is 10.2. The fourth-order valence-corrected chi connectivity index (χ4v) is 3.25. The Morgan fingerprint density at radius 1 is 1.20 bits per heavy atom. The van der Waals surface area contributed by atoms with Crippen LogP contribution in [-0.4, -0.2) is 37.8 Å². The second-order valence-electron chi connectivity index (χ2n) is 5.82. The van der Waals surface area contributed by atoms with Crippen LogP contribution in [0.2, 0.25) is 0 Å². The average Bonchev–Trinajstić information content (AvgIpc) is 3.10. The number of carbonyl (C=O) groups is 1. The molecule has 7 nitrogen and oxygen atoms in total. The number of halogens is 3. The summed E-state index contributed by atoms with van der Waals surface area (Å²) in [4.78, 5) is 16.3. The van der Waals surface area contributed by atoms with Gasteiger partial charge in [-0.25, -0.2) is 0 Å². The van der Waals surface area contributed by atoms with Crippen molar-refractivity contribution in [2.75, 3.05) is 11.1 Å². The van der Waals surface area contributed by atoms with Crippen LogP contribution in [0, 0.1) is 0 Å². The first-order valence-corrected chi connectivity index (χ1v) is 9.58. The largest absolute Gasteiger partial charge is 0.573 e. The van der Waals surface area contributed by atoms with E-state index in [1.54, 1.807) is 35.2 Å². The van der Waals surface area contributed by atoms with Crippen molar-refractivity contribution < 1.29 is 22.7 Å². The van der Waals surface area contributed by atoms with Crippen LogP contribution >= 0.6 is 11.8 Å². The Morgan fingerprint density at radius 3 is 2.63 bits per heavy atom. The summed E-state index contributed by atoms with van der Waals surface area (Å²) in [5, 5.41) is 11.2. The van der Waals surface area contributed by atoms with Crippen molar-refractivity contribution in [2.45, 2.75) is 18.1 Å². The zero-order valence-electron chi connectivity index (χ0n) is 15.5. The van der Waals surface area contributed by atoms with Crippen molar-refractivity contribution in [3.63, 3.8) is 0 Å². The van der Waals surface area contributed by atoms with Gasteiger partial charge in [-0.1, -0.05) is 30.0 Å². The summed E-state index contributed by atoms with van der Waals surface area (Å²) in [6, 6.07) is 8.88. The van der Waals surface area contributed by atoms with Crippen molar-refractivity contribution >= 4 is 23.4 Å². The number of carbonyl (C=O) groups excluding carboxylic acids is 1. The molecule has 0 saturated carbocycles. The fraction of sp³-hybridized carbons (Fsp3) is 0.158. The first kappa shape index (κ1) is 21.4. The molecule has 2 aromatic heterocycles. The van der Waals surface area contributed by atoms with E-state index in [0.29, 0.717) is 17.5 Å². The topological polar surface area (TPSA) is 81.9 Å². The second kappa shape index (κ2) is 9.44. The minimum atomic E-state index is -4.86. The SMILES string of the molecule is C=CCn1c(SCC(=O)Nc2ccccc2OC(F)(F)F)nnc1-c1ccncc1. The lowest BCUT2D eigenvalue weighted by Gasteiger charge is -2.13. The Hall–Kier alpha value is -3.34. The number of thioether (sulfide) groups is 1. The highest BCUT2D eigenvalue weighted by Crippen LogP contribution is 2.30. The second-order valence-corrected chi connectivity index (χ2v) is 6.76. The molecule has 3 aromatic rings. The number of pyridine rings is 1. The highest BCUT2D eigenvalue weighted by atomic mass is 32.2. The Kier molecular flexibility index (Phi) is 6.72. The van der Waals surface area contributed by atoms with Crippen molar-refractivity contribution in [3.05, 3.63) is 61.4 Å². The molecule has 1 N–H and O–H groups in total. The molecule has 11 heteroatoms. The zero-order valence-corrected chi connectivity index (χ0v) is 16.3. The van der Waals surface area contributed by atoms with Gasteiger partial charge < -0.3 is 10.1 Å². The van der Waals surface area contributed by atoms with E-state index in [1.165, 1.54) is 18.2 Å². The molecule has 0 aliphatic carbocycles. The summed E-state index contributed by atoms with van der Waals surface area (Å²) in [6.07, 6.45) is 0.0644. The van der Waals surface area contributed by atoms with Crippen molar-refractivity contribution in [3.8, 4) is 17.1 Å². The van der Waals surface area contributed by atoms with E-state index >= 15 is 0 Å². The monoisotopic (exact) mass is 435 g/mol. The first-order valence-electron chi connectivity index (χ1n) is 8.59. The number of amides is 1. The van der Waals surface area contributed by atoms with Crippen LogP contribution in [0.15, 0.2) is 66.6 Å². The van der Waals surface area contributed by atoms with Gasteiger partial charge in [0.05, 0.1) is 11.4 Å². The number of allylic oxidation sites excluding steroid dienone is 1. The van der Waals surface area contributed by atoms with Gasteiger partial charge in [0.1, 0.15) is 0 Å². The molecule has 0 atom stereocenters. The number of ether oxygens (including phenoxy) is 1. The lowest BCUT2D eigenvalue weighted by Crippen LogP contribution is -2.20. The third-order valence-electron chi connectivity index (χ3n) is 3.69. The van der Waals surface area contributed by atoms with Gasteiger partial charge in [0, 0.05) is 24.5 Å². The van der Waals surface area contributed by atoms with Gasteiger partial charge in [0.25, 0.3) is 0 Å². The summed E-state index contributed by atoms with van der Waals surface area (Å²) in [6.45, 7) is 4.13. The van der Waals surface area contributed by atoms with Gasteiger partial charge >= 0.3 is 6.36 Å². The van der Waals surface area contributed by atoms with E-state index in [4.69, 9.17) is 0 Å². The van der Waals surface area contributed by atoms with Crippen LogP contribution < -0.4 is 10.1 Å². The maximum atomic E-state index is 12.5. The number of hydrogen-bond acceptors (Lipinski definition) is 6. The normalized spacial score (nSPS) is 11.2. The van der Waals surface area contributed by atoms with E-state index in [0.717, 1.165) is 23.4 Å². The minimum Gasteiger partial charge on any atom is -0.404 e. The molecule has 0 aliphatic rings. The number of aromatic nitrogens is 4. The van der Waals surface area contributed by atoms with Gasteiger partial charge in [-0.15, -0.1) is 29.9 Å². The number of para-hydroxylation sites is 2. The first-order chi connectivity index (χ1) is 14.4. The highest BCUT2D eigenvalue weighted by molar-refractivity contribution is 7.99. The molecule has 0 radical (unpaired) electrons. The van der Waals surface area contributed by atoms with Crippen LogP contribution in [0.25, 0.3) is 11.4 Å². The zero-order chi connectivity index (χ0) is 21.6. The standard InChI is InChI=1S/C19H16F3N5O2S/c1-2-11-27-17(13-7-9-23-10-8-13)25-26-18(27)30-12-16(28)24-14-5-3-4-6-15(14)29-19(20,21)22/h2-10H,1,11-12H2,(H,24,28). The number of anilines is 1. The van der Waals surface area contributed by atoms with Gasteiger partial charge in [-0.05, 0) is 24.3 Å². The molecule has 0 unspecified atom stereocenters. The number of nitrogens with one attached hydrogen (secondary N) is 1. The number of nitrogens with zero attached hydrogens (tertiary/aromatic N) is 4. The number of hydrogen-bond donors (Lipinski definition) is 1. The van der Waals surface area contributed by atoms with Crippen molar-refractivity contribution in [2.24, 2.45) is 0 Å². The molecule has 1 amide bonds. The molecule has 156 valence electrons. The van der Waals surface area contributed by atoms with Gasteiger partial charge in [-0.2, -0.15) is 0 Å². The maximum Gasteiger partial charge on any atom is 0.573 e. The molecule has 1 aromatic carbocycles. The molecule has 0 bridgehead atoms. The summed E-state index contributed by atoms with van der Waals surface area (Å²) in [7, 11) is 0. The van der Waals surface area contributed by atoms with E-state index in [-0.39, 0.29) is 11.4 Å². The van der Waals surface area contributed by atoms with Gasteiger partial charge in [-0.3, -0.25) is 14.3 Å². The van der Waals surface area contributed by atoms with E-state index in [1.807, 2.05) is 0 Å². The van der Waals surface area contributed by atoms with Crippen LogP contribution in [0.3, 0.4) is 0 Å². The quantitative estimate of drug-likeness (QED) is 0.423. The Labute approximate surface area is 174 Å². The third kappa shape index (κ3) is 5.60. The number of benzene rings is 1. The summed E-state index contributed by atoms with van der Waals surface area (Å²) >= 11 is 1.10. The minimum absolute atomic E-state index is 0.0783. The van der Waals surface area contributed by atoms with Crippen LogP contribution in [0.1, 0.15) is 0 Å². The molecule has 0 saturated heterocycles. The molecule has 0 fully saturated rings. The maximum absolute atomic E-state index is 12.5. The van der Waals surface area contributed by atoms with Gasteiger partial charge in [0.15, 0.2) is 16.7 Å². The van der Waals surface area contributed by atoms with Crippen molar-refractivity contribution in [1.82, 2.24) is 19.7 Å². The molecule has 3 rings (SSSR count). The summed E-state index contributed by atoms with van der Waals surface area (Å²) < 4.78 is 43.3. The highest BCUT2D eigenvalue weighted by Gasteiger charge is 2.32. The Morgan fingerprint density at radius 2 is 1.93 bits per heavy atom. The average molecular weight is 435 g/mol. The Bertz CT molecular complexity index is 1020. The molecular formula is C19H16F3N5O2S. The third-order valence-corrected chi connectivity index (χ3v) is 4.65.